The zero-order chi connectivity index (χ0) is 17.1. The molecule has 0 aliphatic heterocycles. The molecule has 7 heteroatoms. The first-order valence-electron chi connectivity index (χ1n) is 7.56. The summed E-state index contributed by atoms with van der Waals surface area (Å²) in [4.78, 5) is 0.314. The summed E-state index contributed by atoms with van der Waals surface area (Å²) in [7, 11) is -4.28. The van der Waals surface area contributed by atoms with Crippen molar-refractivity contribution in [2.45, 2.75) is 37.3 Å². The number of hydrogen-bond acceptors (Lipinski definition) is 4. The fourth-order valence-corrected chi connectivity index (χ4v) is 3.45. The van der Waals surface area contributed by atoms with Crippen molar-refractivity contribution >= 4 is 17.9 Å². The Hall–Kier alpha value is -1.44. The average Bonchev–Trinajstić information content (AvgIpc) is 2.91. The van der Waals surface area contributed by atoms with Crippen molar-refractivity contribution in [3.8, 4) is 11.1 Å². The Balaban J connectivity index is 2.02. The maximum absolute atomic E-state index is 11.6. The molecule has 0 fully saturated rings. The second-order valence-electron chi connectivity index (χ2n) is 6.92. The summed E-state index contributed by atoms with van der Waals surface area (Å²) in [5.74, 6) is 0. The van der Waals surface area contributed by atoms with Crippen LogP contribution in [0.5, 0.6) is 0 Å². The maximum Gasteiger partial charge on any atom is 0.175 e. The highest BCUT2D eigenvalue weighted by Gasteiger charge is 2.12. The van der Waals surface area contributed by atoms with E-state index < -0.39 is 17.9 Å². The summed E-state index contributed by atoms with van der Waals surface area (Å²) >= 11 is 0. The van der Waals surface area contributed by atoms with E-state index >= 15 is 0 Å². The van der Waals surface area contributed by atoms with Gasteiger partial charge in [0, 0.05) is 32.7 Å². The van der Waals surface area contributed by atoms with Gasteiger partial charge in [-0.15, -0.1) is 0 Å². The van der Waals surface area contributed by atoms with Gasteiger partial charge in [-0.2, -0.15) is 5.10 Å². The Labute approximate surface area is 139 Å². The van der Waals surface area contributed by atoms with Crippen LogP contribution < -0.4 is 0 Å². The van der Waals surface area contributed by atoms with Crippen molar-refractivity contribution in [1.29, 1.82) is 0 Å². The van der Waals surface area contributed by atoms with Crippen LogP contribution in [0.3, 0.4) is 0 Å². The van der Waals surface area contributed by atoms with Crippen LogP contribution in [0.1, 0.15) is 0 Å². The van der Waals surface area contributed by atoms with Crippen LogP contribution in [-0.2, 0) is 21.3 Å². The quantitative estimate of drug-likeness (QED) is 0.567. The van der Waals surface area contributed by atoms with Gasteiger partial charge in [0.1, 0.15) is 6.73 Å². The van der Waals surface area contributed by atoms with Gasteiger partial charge < -0.3 is 4.74 Å². The number of benzene rings is 1. The van der Waals surface area contributed by atoms with Gasteiger partial charge >= 0.3 is 0 Å². The van der Waals surface area contributed by atoms with Crippen molar-refractivity contribution in [2.24, 2.45) is 0 Å². The molecule has 23 heavy (non-hydrogen) atoms. The van der Waals surface area contributed by atoms with Crippen LogP contribution in [0.25, 0.3) is 11.1 Å². The SMILES string of the molecule is C[Si](C)(C)CCOCn1cc(-c2cccc(S(C)(=O)=O)c2)cn1. The average molecular weight is 353 g/mol. The van der Waals surface area contributed by atoms with Gasteiger partial charge in [-0.3, -0.25) is 0 Å². The first kappa shape index (κ1) is 17.9. The van der Waals surface area contributed by atoms with Crippen LogP contribution >= 0.6 is 0 Å². The molecule has 0 spiro atoms. The third-order valence-electron chi connectivity index (χ3n) is 3.45. The predicted molar refractivity (Wildman–Crippen MR) is 94.9 cm³/mol. The van der Waals surface area contributed by atoms with Gasteiger partial charge in [-0.05, 0) is 23.7 Å². The van der Waals surface area contributed by atoms with Crippen molar-refractivity contribution < 1.29 is 13.2 Å². The normalized spacial score (nSPS) is 12.5. The summed E-state index contributed by atoms with van der Waals surface area (Å²) < 4.78 is 30.7. The molecular formula is C16H24N2O3SSi. The predicted octanol–water partition coefficient (Wildman–Crippen LogP) is 3.27. The van der Waals surface area contributed by atoms with E-state index in [0.717, 1.165) is 23.8 Å². The van der Waals surface area contributed by atoms with E-state index in [4.69, 9.17) is 4.74 Å². The molecule has 5 nitrogen and oxygen atoms in total. The molecule has 126 valence electrons. The number of nitrogens with zero attached hydrogens (tertiary/aromatic N) is 2. The number of rotatable bonds is 7. The molecule has 1 aromatic heterocycles. The van der Waals surface area contributed by atoms with Gasteiger partial charge in [0.05, 0.1) is 11.1 Å². The van der Waals surface area contributed by atoms with Crippen molar-refractivity contribution in [2.75, 3.05) is 12.9 Å². The summed E-state index contributed by atoms with van der Waals surface area (Å²) in [5, 5.41) is 4.27. The van der Waals surface area contributed by atoms with Gasteiger partial charge in [0.25, 0.3) is 0 Å². The number of sulfone groups is 1. The number of aromatic nitrogens is 2. The highest BCUT2D eigenvalue weighted by molar-refractivity contribution is 7.90. The van der Waals surface area contributed by atoms with Gasteiger partial charge in [0.15, 0.2) is 9.84 Å². The fourth-order valence-electron chi connectivity index (χ4n) is 2.03. The first-order valence-corrected chi connectivity index (χ1v) is 13.2. The van der Waals surface area contributed by atoms with Gasteiger partial charge in [-0.1, -0.05) is 31.8 Å². The fraction of sp³-hybridized carbons (Fsp3) is 0.438. The molecule has 0 aliphatic rings. The van der Waals surface area contributed by atoms with E-state index in [1.54, 1.807) is 29.1 Å². The van der Waals surface area contributed by atoms with Crippen molar-refractivity contribution in [1.82, 2.24) is 9.78 Å². The Morgan fingerprint density at radius 2 is 1.96 bits per heavy atom. The third-order valence-corrected chi connectivity index (χ3v) is 6.26. The Morgan fingerprint density at radius 1 is 1.22 bits per heavy atom. The first-order chi connectivity index (χ1) is 10.6. The molecule has 0 unspecified atom stereocenters. The van der Waals surface area contributed by atoms with Crippen LogP contribution in [0.2, 0.25) is 25.7 Å². The van der Waals surface area contributed by atoms with E-state index in [1.165, 1.54) is 6.26 Å². The molecular weight excluding hydrogens is 328 g/mol. The zero-order valence-corrected chi connectivity index (χ0v) is 15.9. The lowest BCUT2D eigenvalue weighted by molar-refractivity contribution is 0.0786. The van der Waals surface area contributed by atoms with E-state index in [1.807, 2.05) is 12.3 Å². The largest absolute Gasteiger partial charge is 0.360 e. The molecule has 1 heterocycles. The summed E-state index contributed by atoms with van der Waals surface area (Å²) in [6, 6.07) is 8.01. The van der Waals surface area contributed by atoms with E-state index in [9.17, 15) is 8.42 Å². The molecule has 0 N–H and O–H groups in total. The van der Waals surface area contributed by atoms with E-state index in [2.05, 4.69) is 24.7 Å². The number of hydrogen-bond donors (Lipinski definition) is 0. The molecule has 0 bridgehead atoms. The zero-order valence-electron chi connectivity index (χ0n) is 14.1. The van der Waals surface area contributed by atoms with Crippen LogP contribution in [0.4, 0.5) is 0 Å². The van der Waals surface area contributed by atoms with E-state index in [-0.39, 0.29) is 0 Å². The molecule has 0 amide bonds. The van der Waals surface area contributed by atoms with Gasteiger partial charge in [0.2, 0.25) is 0 Å². The molecule has 0 saturated heterocycles. The summed E-state index contributed by atoms with van der Waals surface area (Å²) in [5.41, 5.74) is 1.71. The Bertz CT molecular complexity index is 764. The van der Waals surface area contributed by atoms with E-state index in [0.29, 0.717) is 11.6 Å². The van der Waals surface area contributed by atoms with Crippen molar-refractivity contribution in [3.05, 3.63) is 36.7 Å². The van der Waals surface area contributed by atoms with Crippen LogP contribution in [0, 0.1) is 0 Å². The Kier molecular flexibility index (Phi) is 5.44. The number of ether oxygens (including phenoxy) is 1. The monoisotopic (exact) mass is 352 g/mol. The smallest absolute Gasteiger partial charge is 0.175 e. The highest BCUT2D eigenvalue weighted by Crippen LogP contribution is 2.22. The third kappa shape index (κ3) is 5.60. The lowest BCUT2D eigenvalue weighted by Gasteiger charge is -2.15. The lowest BCUT2D eigenvalue weighted by atomic mass is 10.1. The topological polar surface area (TPSA) is 61.2 Å². The standard InChI is InChI=1S/C16H24N2O3SSi/c1-22(19,20)16-7-5-6-14(10-16)15-11-17-18(12-15)13-21-8-9-23(2,3)4/h5-7,10-12H,8-9,13H2,1-4H3. The molecule has 0 radical (unpaired) electrons. The molecule has 0 saturated carbocycles. The van der Waals surface area contributed by atoms with Gasteiger partial charge in [-0.25, -0.2) is 13.1 Å². The summed E-state index contributed by atoms with van der Waals surface area (Å²) in [6.07, 6.45) is 4.81. The van der Waals surface area contributed by atoms with Crippen LogP contribution in [0.15, 0.2) is 41.6 Å². The maximum atomic E-state index is 11.6. The molecule has 1 aromatic carbocycles. The second kappa shape index (κ2) is 6.98. The molecule has 0 aliphatic carbocycles. The molecule has 2 aromatic rings. The lowest BCUT2D eigenvalue weighted by Crippen LogP contribution is -2.22. The van der Waals surface area contributed by atoms with Crippen molar-refractivity contribution in [3.63, 3.8) is 0 Å². The minimum atomic E-state index is -3.21. The molecule has 0 atom stereocenters. The minimum Gasteiger partial charge on any atom is -0.360 e. The minimum absolute atomic E-state index is 0.314. The Morgan fingerprint density at radius 3 is 2.61 bits per heavy atom. The van der Waals surface area contributed by atoms with Crippen LogP contribution in [-0.4, -0.2) is 39.1 Å². The summed E-state index contributed by atoms with van der Waals surface area (Å²) in [6.45, 7) is 8.11. The molecule has 2 rings (SSSR count). The highest BCUT2D eigenvalue weighted by atomic mass is 32.2. The second-order valence-corrected chi connectivity index (χ2v) is 14.6.